The van der Waals surface area contributed by atoms with Crippen molar-refractivity contribution >= 4 is 38.5 Å². The first-order valence-corrected chi connectivity index (χ1v) is 10.9. The molecular formula is C20H13F3N2O3S2. The van der Waals surface area contributed by atoms with E-state index >= 15 is 0 Å². The molecular weight excluding hydrogens is 437 g/mol. The van der Waals surface area contributed by atoms with Crippen LogP contribution in [0.5, 0.6) is 0 Å². The summed E-state index contributed by atoms with van der Waals surface area (Å²) in [6.07, 6.45) is 0.884. The molecule has 2 aromatic carbocycles. The van der Waals surface area contributed by atoms with E-state index in [2.05, 4.69) is 5.32 Å². The van der Waals surface area contributed by atoms with Crippen molar-refractivity contribution in [2.45, 2.75) is 6.54 Å². The molecule has 0 unspecified atom stereocenters. The summed E-state index contributed by atoms with van der Waals surface area (Å²) in [5, 5.41) is 4.00. The first-order chi connectivity index (χ1) is 14.3. The van der Waals surface area contributed by atoms with Crippen LogP contribution in [-0.4, -0.2) is 14.2 Å². The molecule has 0 bridgehead atoms. The Hall–Kier alpha value is -3.11. The average molecular weight is 450 g/mol. The number of halogens is 3. The number of hydrogen-bond donors (Lipinski definition) is 1. The molecule has 0 saturated carbocycles. The maximum absolute atomic E-state index is 13.9. The SMILES string of the molecule is O=C1C(=CNc2ccc(F)cc2F)S(=O)(=O)N(Cc2cccc(F)c2)c2ccsc21. The summed E-state index contributed by atoms with van der Waals surface area (Å²) in [6, 6.07) is 9.67. The van der Waals surface area contributed by atoms with Gasteiger partial charge in [-0.15, -0.1) is 11.3 Å². The van der Waals surface area contributed by atoms with Crippen LogP contribution >= 0.6 is 11.3 Å². The zero-order chi connectivity index (χ0) is 21.5. The molecule has 3 aromatic rings. The Balaban J connectivity index is 1.75. The molecule has 10 heteroatoms. The van der Waals surface area contributed by atoms with E-state index in [9.17, 15) is 26.4 Å². The van der Waals surface area contributed by atoms with E-state index in [4.69, 9.17) is 0 Å². The van der Waals surface area contributed by atoms with Crippen molar-refractivity contribution in [1.29, 1.82) is 0 Å². The van der Waals surface area contributed by atoms with Gasteiger partial charge in [-0.05, 0) is 41.3 Å². The zero-order valence-electron chi connectivity index (χ0n) is 15.1. The summed E-state index contributed by atoms with van der Waals surface area (Å²) in [7, 11) is -4.33. The van der Waals surface area contributed by atoms with Crippen LogP contribution in [0.25, 0.3) is 0 Å². The molecule has 154 valence electrons. The molecule has 0 amide bonds. The highest BCUT2D eigenvalue weighted by atomic mass is 32.2. The maximum Gasteiger partial charge on any atom is 0.270 e. The number of fused-ring (bicyclic) bond motifs is 1. The highest BCUT2D eigenvalue weighted by Gasteiger charge is 2.41. The van der Waals surface area contributed by atoms with Gasteiger partial charge in [-0.1, -0.05) is 12.1 Å². The average Bonchev–Trinajstić information content (AvgIpc) is 3.16. The fraction of sp³-hybridized carbons (Fsp3) is 0.0500. The minimum atomic E-state index is -4.33. The number of hydrogen-bond acceptors (Lipinski definition) is 5. The van der Waals surface area contributed by atoms with E-state index in [1.807, 2.05) is 0 Å². The van der Waals surface area contributed by atoms with Gasteiger partial charge >= 0.3 is 0 Å². The number of nitrogens with one attached hydrogen (secondary N) is 1. The van der Waals surface area contributed by atoms with Crippen molar-refractivity contribution in [2.24, 2.45) is 0 Å². The fourth-order valence-electron chi connectivity index (χ4n) is 3.01. The Kier molecular flexibility index (Phi) is 5.12. The third-order valence-corrected chi connectivity index (χ3v) is 7.08. The highest BCUT2D eigenvalue weighted by molar-refractivity contribution is 7.97. The summed E-state index contributed by atoms with van der Waals surface area (Å²) >= 11 is 1.06. The van der Waals surface area contributed by atoms with E-state index in [1.54, 1.807) is 11.4 Å². The number of carbonyl (C=O) groups is 1. The van der Waals surface area contributed by atoms with Gasteiger partial charge in [0.15, 0.2) is 4.91 Å². The normalized spacial score (nSPS) is 16.6. The van der Waals surface area contributed by atoms with Crippen LogP contribution in [0, 0.1) is 17.5 Å². The number of rotatable bonds is 4. The molecule has 0 aliphatic carbocycles. The molecule has 5 nitrogen and oxygen atoms in total. The smallest absolute Gasteiger partial charge is 0.270 e. The topological polar surface area (TPSA) is 66.5 Å². The van der Waals surface area contributed by atoms with Crippen LogP contribution < -0.4 is 9.62 Å². The lowest BCUT2D eigenvalue weighted by molar-refractivity contribution is 0.104. The van der Waals surface area contributed by atoms with Gasteiger partial charge in [0.1, 0.15) is 22.3 Å². The molecule has 2 heterocycles. The van der Waals surface area contributed by atoms with Crippen LogP contribution in [0.15, 0.2) is 65.0 Å². The Morgan fingerprint density at radius 2 is 1.80 bits per heavy atom. The van der Waals surface area contributed by atoms with E-state index in [1.165, 1.54) is 24.3 Å². The lowest BCUT2D eigenvalue weighted by Gasteiger charge is -2.29. The van der Waals surface area contributed by atoms with E-state index in [0.717, 1.165) is 34.0 Å². The van der Waals surface area contributed by atoms with Gasteiger partial charge in [-0.2, -0.15) is 0 Å². The van der Waals surface area contributed by atoms with Gasteiger partial charge in [-0.25, -0.2) is 21.6 Å². The Morgan fingerprint density at radius 3 is 2.53 bits per heavy atom. The Morgan fingerprint density at radius 1 is 1.03 bits per heavy atom. The number of ketones is 1. The number of benzene rings is 2. The summed E-state index contributed by atoms with van der Waals surface area (Å²) in [6.45, 7) is -0.195. The van der Waals surface area contributed by atoms with Gasteiger partial charge in [0.2, 0.25) is 5.78 Å². The molecule has 0 saturated heterocycles. The summed E-state index contributed by atoms with van der Waals surface area (Å²) < 4.78 is 67.9. The predicted molar refractivity (Wildman–Crippen MR) is 108 cm³/mol. The molecule has 0 spiro atoms. The van der Waals surface area contributed by atoms with Crippen molar-refractivity contribution < 1.29 is 26.4 Å². The maximum atomic E-state index is 13.9. The van der Waals surface area contributed by atoms with Crippen molar-refractivity contribution in [3.63, 3.8) is 0 Å². The number of sulfonamides is 1. The second kappa shape index (κ2) is 7.62. The van der Waals surface area contributed by atoms with Gasteiger partial charge in [0.25, 0.3) is 10.0 Å². The zero-order valence-corrected chi connectivity index (χ0v) is 16.7. The largest absolute Gasteiger partial charge is 0.358 e. The number of anilines is 2. The first-order valence-electron chi connectivity index (χ1n) is 8.58. The molecule has 4 rings (SSSR count). The van der Waals surface area contributed by atoms with E-state index in [-0.39, 0.29) is 22.8 Å². The molecule has 0 radical (unpaired) electrons. The second-order valence-electron chi connectivity index (χ2n) is 6.38. The number of nitrogens with zero attached hydrogens (tertiary/aromatic N) is 1. The summed E-state index contributed by atoms with van der Waals surface area (Å²) in [5.41, 5.74) is 0.391. The third-order valence-electron chi connectivity index (χ3n) is 4.42. The van der Waals surface area contributed by atoms with Gasteiger partial charge < -0.3 is 5.32 Å². The fourth-order valence-corrected chi connectivity index (χ4v) is 5.49. The lowest BCUT2D eigenvalue weighted by Crippen LogP contribution is -2.38. The second-order valence-corrected chi connectivity index (χ2v) is 9.13. The Labute approximate surface area is 174 Å². The molecule has 1 aliphatic rings. The number of allylic oxidation sites excluding steroid dienone is 1. The van der Waals surface area contributed by atoms with Gasteiger partial charge in [0.05, 0.1) is 17.9 Å². The molecule has 0 fully saturated rings. The predicted octanol–water partition coefficient (Wildman–Crippen LogP) is 4.65. The van der Waals surface area contributed by atoms with Crippen molar-refractivity contribution in [1.82, 2.24) is 0 Å². The molecule has 1 N–H and O–H groups in total. The number of thiophene rings is 1. The van der Waals surface area contributed by atoms with Gasteiger partial charge in [-0.3, -0.25) is 9.10 Å². The molecule has 1 aromatic heterocycles. The monoisotopic (exact) mass is 450 g/mol. The standard InChI is InChI=1S/C20H13F3N2O3S2/c21-13-3-1-2-12(8-13)11-25-17-6-7-29-20(17)19(26)18(30(25,27)28)10-24-16-5-4-14(22)9-15(16)23/h1-10,24H,11H2. The van der Waals surface area contributed by atoms with Crippen LogP contribution in [0.4, 0.5) is 24.5 Å². The minimum Gasteiger partial charge on any atom is -0.358 e. The van der Waals surface area contributed by atoms with Crippen LogP contribution in [0.1, 0.15) is 15.2 Å². The van der Waals surface area contributed by atoms with Crippen LogP contribution in [0.2, 0.25) is 0 Å². The molecule has 30 heavy (non-hydrogen) atoms. The van der Waals surface area contributed by atoms with Gasteiger partial charge in [0, 0.05) is 12.3 Å². The summed E-state index contributed by atoms with van der Waals surface area (Å²) in [4.78, 5) is 12.4. The summed E-state index contributed by atoms with van der Waals surface area (Å²) in [5.74, 6) is -3.00. The lowest BCUT2D eigenvalue weighted by atomic mass is 10.2. The minimum absolute atomic E-state index is 0.189. The molecule has 0 atom stereocenters. The molecule has 1 aliphatic heterocycles. The van der Waals surface area contributed by atoms with Crippen LogP contribution in [-0.2, 0) is 16.6 Å². The quantitative estimate of drug-likeness (QED) is 0.588. The highest BCUT2D eigenvalue weighted by Crippen LogP contribution is 2.39. The first kappa shape index (κ1) is 20.2. The third kappa shape index (κ3) is 3.59. The Bertz CT molecular complexity index is 1290. The van der Waals surface area contributed by atoms with Crippen LogP contribution in [0.3, 0.4) is 0 Å². The van der Waals surface area contributed by atoms with Crippen molar-refractivity contribution in [3.8, 4) is 0 Å². The number of carbonyl (C=O) groups excluding carboxylic acids is 1. The van der Waals surface area contributed by atoms with E-state index < -0.39 is 38.2 Å². The van der Waals surface area contributed by atoms with Crippen molar-refractivity contribution in [2.75, 3.05) is 9.62 Å². The van der Waals surface area contributed by atoms with E-state index in [0.29, 0.717) is 11.6 Å². The number of Topliss-reactive ketones (excluding diaryl/α,β-unsaturated/α-hetero) is 1. The van der Waals surface area contributed by atoms with Crippen molar-refractivity contribution in [3.05, 3.63) is 92.9 Å².